The van der Waals surface area contributed by atoms with Crippen molar-refractivity contribution in [3.63, 3.8) is 0 Å². The standard InChI is InChI=1S/C14H21N/c1-4-10-6-12-8-14(15-3)9-13(12)7-11(10)5-2/h6-7,14-15H,4-5,8-9H2,1-3H3. The number of likely N-dealkylation sites (N-methyl/N-ethyl adjacent to an activating group) is 1. The van der Waals surface area contributed by atoms with Gasteiger partial charge in [0.2, 0.25) is 0 Å². The first-order valence-electron chi connectivity index (χ1n) is 6.09. The maximum absolute atomic E-state index is 3.39. The minimum atomic E-state index is 0.664. The molecular weight excluding hydrogens is 182 g/mol. The summed E-state index contributed by atoms with van der Waals surface area (Å²) in [5.41, 5.74) is 6.24. The maximum Gasteiger partial charge on any atom is 0.0145 e. The van der Waals surface area contributed by atoms with E-state index in [2.05, 4.69) is 38.3 Å². The predicted octanol–water partition coefficient (Wildman–Crippen LogP) is 2.50. The Balaban J connectivity index is 2.35. The van der Waals surface area contributed by atoms with Crippen LogP contribution in [0.4, 0.5) is 0 Å². The molecule has 1 N–H and O–H groups in total. The number of rotatable bonds is 3. The molecule has 1 nitrogen and oxygen atoms in total. The molecular formula is C14H21N. The summed E-state index contributed by atoms with van der Waals surface area (Å²) in [6.07, 6.45) is 4.76. The molecule has 0 saturated carbocycles. The maximum atomic E-state index is 3.39. The van der Waals surface area contributed by atoms with Crippen molar-refractivity contribution in [3.05, 3.63) is 34.4 Å². The fourth-order valence-corrected chi connectivity index (χ4v) is 2.64. The molecule has 1 aliphatic carbocycles. The van der Waals surface area contributed by atoms with Crippen molar-refractivity contribution in [3.8, 4) is 0 Å². The largest absolute Gasteiger partial charge is 0.316 e. The molecule has 0 saturated heterocycles. The van der Waals surface area contributed by atoms with Gasteiger partial charge in [-0.1, -0.05) is 26.0 Å². The van der Waals surface area contributed by atoms with Crippen LogP contribution in [0.3, 0.4) is 0 Å². The quantitative estimate of drug-likeness (QED) is 0.796. The molecule has 1 aromatic carbocycles. The molecule has 82 valence electrons. The van der Waals surface area contributed by atoms with Gasteiger partial charge in [-0.25, -0.2) is 0 Å². The minimum Gasteiger partial charge on any atom is -0.316 e. The highest BCUT2D eigenvalue weighted by molar-refractivity contribution is 5.42. The van der Waals surface area contributed by atoms with Crippen LogP contribution in [0.5, 0.6) is 0 Å². The Morgan fingerprint density at radius 1 is 1.07 bits per heavy atom. The van der Waals surface area contributed by atoms with Crippen molar-refractivity contribution in [2.24, 2.45) is 0 Å². The van der Waals surface area contributed by atoms with Crippen LogP contribution in [0.15, 0.2) is 12.1 Å². The van der Waals surface area contributed by atoms with E-state index >= 15 is 0 Å². The molecule has 0 unspecified atom stereocenters. The van der Waals surface area contributed by atoms with E-state index < -0.39 is 0 Å². The molecule has 0 spiro atoms. The van der Waals surface area contributed by atoms with Crippen LogP contribution in [0, 0.1) is 0 Å². The number of benzene rings is 1. The van der Waals surface area contributed by atoms with Crippen LogP contribution in [0.1, 0.15) is 36.1 Å². The number of fused-ring (bicyclic) bond motifs is 1. The van der Waals surface area contributed by atoms with Crippen LogP contribution < -0.4 is 5.32 Å². The summed E-state index contributed by atoms with van der Waals surface area (Å²) in [6.45, 7) is 4.51. The Labute approximate surface area is 92.9 Å². The highest BCUT2D eigenvalue weighted by Crippen LogP contribution is 2.26. The third-order valence-electron chi connectivity index (χ3n) is 3.62. The fraction of sp³-hybridized carbons (Fsp3) is 0.571. The second kappa shape index (κ2) is 4.36. The molecule has 0 atom stereocenters. The van der Waals surface area contributed by atoms with Gasteiger partial charge in [-0.3, -0.25) is 0 Å². The van der Waals surface area contributed by atoms with Crippen molar-refractivity contribution in [2.45, 2.75) is 45.6 Å². The molecule has 1 aromatic rings. The topological polar surface area (TPSA) is 12.0 Å². The molecule has 0 heterocycles. The Kier molecular flexibility index (Phi) is 3.11. The summed E-state index contributed by atoms with van der Waals surface area (Å²) >= 11 is 0. The number of hydrogen-bond acceptors (Lipinski definition) is 1. The van der Waals surface area contributed by atoms with Gasteiger partial charge in [0, 0.05) is 6.04 Å². The normalized spacial score (nSPS) is 15.7. The van der Waals surface area contributed by atoms with E-state index in [-0.39, 0.29) is 0 Å². The Morgan fingerprint density at radius 3 is 1.87 bits per heavy atom. The summed E-state index contributed by atoms with van der Waals surface area (Å²) in [7, 11) is 2.07. The highest BCUT2D eigenvalue weighted by Gasteiger charge is 2.20. The van der Waals surface area contributed by atoms with Crippen LogP contribution in [0.25, 0.3) is 0 Å². The molecule has 0 aromatic heterocycles. The molecule has 0 aliphatic heterocycles. The van der Waals surface area contributed by atoms with E-state index in [0.29, 0.717) is 6.04 Å². The lowest BCUT2D eigenvalue weighted by Crippen LogP contribution is -2.24. The average Bonchev–Trinajstić information content (AvgIpc) is 2.68. The fourth-order valence-electron chi connectivity index (χ4n) is 2.64. The zero-order chi connectivity index (χ0) is 10.8. The van der Waals surface area contributed by atoms with Gasteiger partial charge >= 0.3 is 0 Å². The monoisotopic (exact) mass is 203 g/mol. The summed E-state index contributed by atoms with van der Waals surface area (Å²) in [4.78, 5) is 0. The molecule has 0 bridgehead atoms. The van der Waals surface area contributed by atoms with Crippen molar-refractivity contribution in [1.82, 2.24) is 5.32 Å². The van der Waals surface area contributed by atoms with Crippen LogP contribution in [0.2, 0.25) is 0 Å². The molecule has 0 radical (unpaired) electrons. The van der Waals surface area contributed by atoms with Gasteiger partial charge in [-0.05, 0) is 55.0 Å². The van der Waals surface area contributed by atoms with Crippen molar-refractivity contribution in [1.29, 1.82) is 0 Å². The van der Waals surface area contributed by atoms with E-state index in [0.717, 1.165) is 0 Å². The lowest BCUT2D eigenvalue weighted by Gasteiger charge is -2.09. The molecule has 0 fully saturated rings. The van der Waals surface area contributed by atoms with E-state index in [1.807, 2.05) is 0 Å². The van der Waals surface area contributed by atoms with Crippen LogP contribution in [-0.4, -0.2) is 13.1 Å². The van der Waals surface area contributed by atoms with Crippen molar-refractivity contribution in [2.75, 3.05) is 7.05 Å². The molecule has 1 heteroatoms. The summed E-state index contributed by atoms with van der Waals surface area (Å²) in [5, 5.41) is 3.39. The van der Waals surface area contributed by atoms with Gasteiger partial charge in [0.15, 0.2) is 0 Å². The Bertz CT molecular complexity index is 322. The average molecular weight is 203 g/mol. The third kappa shape index (κ3) is 1.93. The second-order valence-electron chi connectivity index (χ2n) is 4.49. The number of aryl methyl sites for hydroxylation is 2. The molecule has 0 amide bonds. The smallest absolute Gasteiger partial charge is 0.0145 e. The Morgan fingerprint density at radius 2 is 1.53 bits per heavy atom. The van der Waals surface area contributed by atoms with E-state index in [1.54, 1.807) is 22.3 Å². The summed E-state index contributed by atoms with van der Waals surface area (Å²) in [5.74, 6) is 0. The van der Waals surface area contributed by atoms with Crippen LogP contribution in [-0.2, 0) is 25.7 Å². The van der Waals surface area contributed by atoms with Crippen LogP contribution >= 0.6 is 0 Å². The zero-order valence-electron chi connectivity index (χ0n) is 10.1. The zero-order valence-corrected chi connectivity index (χ0v) is 10.1. The van der Waals surface area contributed by atoms with Gasteiger partial charge in [-0.15, -0.1) is 0 Å². The number of hydrogen-bond donors (Lipinski definition) is 1. The van der Waals surface area contributed by atoms with Crippen molar-refractivity contribution < 1.29 is 0 Å². The lowest BCUT2D eigenvalue weighted by molar-refractivity contribution is 0.593. The van der Waals surface area contributed by atoms with E-state index in [9.17, 15) is 0 Å². The first-order valence-corrected chi connectivity index (χ1v) is 6.09. The first kappa shape index (κ1) is 10.7. The van der Waals surface area contributed by atoms with Gasteiger partial charge in [0.1, 0.15) is 0 Å². The number of nitrogens with one attached hydrogen (secondary N) is 1. The van der Waals surface area contributed by atoms with E-state index in [4.69, 9.17) is 0 Å². The van der Waals surface area contributed by atoms with E-state index in [1.165, 1.54) is 25.7 Å². The van der Waals surface area contributed by atoms with Gasteiger partial charge < -0.3 is 5.32 Å². The molecule has 1 aliphatic rings. The Hall–Kier alpha value is -0.820. The SMILES string of the molecule is CCc1cc2c(cc1CC)CC(NC)C2. The summed E-state index contributed by atoms with van der Waals surface area (Å²) < 4.78 is 0. The molecule has 2 rings (SSSR count). The lowest BCUT2D eigenvalue weighted by atomic mass is 9.97. The minimum absolute atomic E-state index is 0.664. The van der Waals surface area contributed by atoms with Gasteiger partial charge in [-0.2, -0.15) is 0 Å². The highest BCUT2D eigenvalue weighted by atomic mass is 14.9. The predicted molar refractivity (Wildman–Crippen MR) is 65.5 cm³/mol. The third-order valence-corrected chi connectivity index (χ3v) is 3.62. The molecule has 15 heavy (non-hydrogen) atoms. The van der Waals surface area contributed by atoms with Gasteiger partial charge in [0.25, 0.3) is 0 Å². The second-order valence-corrected chi connectivity index (χ2v) is 4.49. The first-order chi connectivity index (χ1) is 7.28. The van der Waals surface area contributed by atoms with Crippen molar-refractivity contribution >= 4 is 0 Å². The van der Waals surface area contributed by atoms with Gasteiger partial charge in [0.05, 0.1) is 0 Å². The summed E-state index contributed by atoms with van der Waals surface area (Å²) in [6, 6.07) is 5.54.